The molecule has 0 unspecified atom stereocenters. The second-order valence-electron chi connectivity index (χ2n) is 6.58. The Kier molecular flexibility index (Phi) is 3.88. The topological polar surface area (TPSA) is 68.1 Å². The van der Waals surface area contributed by atoms with E-state index in [-0.39, 0.29) is 17.5 Å². The van der Waals surface area contributed by atoms with E-state index in [9.17, 15) is 9.59 Å². The van der Waals surface area contributed by atoms with Crippen molar-refractivity contribution in [3.8, 4) is 0 Å². The third-order valence-electron chi connectivity index (χ3n) is 4.85. The van der Waals surface area contributed by atoms with Crippen molar-refractivity contribution in [3.63, 3.8) is 0 Å². The average molecular weight is 324 g/mol. The molecule has 0 aromatic carbocycles. The number of carbonyl (C=O) groups is 1. The van der Waals surface area contributed by atoms with Crippen molar-refractivity contribution in [2.75, 3.05) is 13.1 Å². The van der Waals surface area contributed by atoms with Crippen LogP contribution in [0.5, 0.6) is 0 Å². The van der Waals surface area contributed by atoms with Crippen LogP contribution in [0.1, 0.15) is 53.7 Å². The van der Waals surface area contributed by atoms with Gasteiger partial charge >= 0.3 is 0 Å². The molecule has 0 atom stereocenters. The zero-order chi connectivity index (χ0) is 16.5. The third kappa shape index (κ3) is 2.96. The molecule has 4 rings (SSSR count). The zero-order valence-electron chi connectivity index (χ0n) is 13.5. The Balaban J connectivity index is 1.46. The Morgan fingerprint density at radius 1 is 1.08 bits per heavy atom. The van der Waals surface area contributed by atoms with E-state index in [1.807, 2.05) is 11.0 Å². The first-order valence-electron chi connectivity index (χ1n) is 8.51. The van der Waals surface area contributed by atoms with Gasteiger partial charge in [-0.05, 0) is 43.9 Å². The number of rotatable bonds is 3. The lowest BCUT2D eigenvalue weighted by atomic mass is 10.0. The van der Waals surface area contributed by atoms with Crippen LogP contribution >= 0.6 is 0 Å². The maximum atomic E-state index is 12.5. The van der Waals surface area contributed by atoms with Crippen molar-refractivity contribution >= 4 is 5.91 Å². The molecule has 1 saturated heterocycles. The fraction of sp³-hybridized carbons (Fsp3) is 0.444. The molecule has 2 aromatic heterocycles. The Hall–Kier alpha value is -2.50. The summed E-state index contributed by atoms with van der Waals surface area (Å²) in [5.41, 5.74) is 1.60. The van der Waals surface area contributed by atoms with Gasteiger partial charge in [0, 0.05) is 37.5 Å². The molecule has 1 amide bonds. The van der Waals surface area contributed by atoms with Gasteiger partial charge < -0.3 is 4.90 Å². The number of aromatic nitrogens is 3. The largest absolute Gasteiger partial charge is 0.338 e. The van der Waals surface area contributed by atoms with Gasteiger partial charge in [0.2, 0.25) is 0 Å². The SMILES string of the molecule is O=C(c1cccnc1)N1CCC(n2nc(C3CC3)ccc2=O)CC1. The van der Waals surface area contributed by atoms with Gasteiger partial charge in [-0.1, -0.05) is 0 Å². The van der Waals surface area contributed by atoms with Crippen LogP contribution in [0.2, 0.25) is 0 Å². The number of hydrogen-bond donors (Lipinski definition) is 0. The Labute approximate surface area is 140 Å². The van der Waals surface area contributed by atoms with Crippen LogP contribution in [0.25, 0.3) is 0 Å². The van der Waals surface area contributed by atoms with Crippen molar-refractivity contribution in [3.05, 3.63) is 58.3 Å². The third-order valence-corrected chi connectivity index (χ3v) is 4.85. The first kappa shape index (κ1) is 15.1. The minimum Gasteiger partial charge on any atom is -0.338 e. The quantitative estimate of drug-likeness (QED) is 0.866. The smallest absolute Gasteiger partial charge is 0.267 e. The summed E-state index contributed by atoms with van der Waals surface area (Å²) >= 11 is 0. The van der Waals surface area contributed by atoms with Gasteiger partial charge in [0.15, 0.2) is 0 Å². The highest BCUT2D eigenvalue weighted by atomic mass is 16.2. The van der Waals surface area contributed by atoms with Crippen LogP contribution in [-0.4, -0.2) is 38.7 Å². The van der Waals surface area contributed by atoms with Crippen LogP contribution < -0.4 is 5.56 Å². The van der Waals surface area contributed by atoms with Crippen LogP contribution in [-0.2, 0) is 0 Å². The van der Waals surface area contributed by atoms with Crippen LogP contribution in [0.15, 0.2) is 41.5 Å². The van der Waals surface area contributed by atoms with E-state index in [4.69, 9.17) is 0 Å². The summed E-state index contributed by atoms with van der Waals surface area (Å²) in [4.78, 5) is 30.5. The van der Waals surface area contributed by atoms with Gasteiger partial charge in [0.1, 0.15) is 0 Å². The van der Waals surface area contributed by atoms with E-state index < -0.39 is 0 Å². The predicted molar refractivity (Wildman–Crippen MR) is 88.9 cm³/mol. The number of carbonyl (C=O) groups excluding carboxylic acids is 1. The monoisotopic (exact) mass is 324 g/mol. The number of hydrogen-bond acceptors (Lipinski definition) is 4. The molecule has 1 saturated carbocycles. The molecule has 2 aliphatic rings. The molecule has 0 radical (unpaired) electrons. The molecule has 1 aliphatic carbocycles. The minimum atomic E-state index is -0.0450. The van der Waals surface area contributed by atoms with E-state index in [1.54, 1.807) is 35.3 Å². The molecule has 0 spiro atoms. The molecule has 2 aromatic rings. The van der Waals surface area contributed by atoms with Crippen molar-refractivity contribution in [1.82, 2.24) is 19.7 Å². The van der Waals surface area contributed by atoms with Crippen LogP contribution in [0.4, 0.5) is 0 Å². The Bertz CT molecular complexity index is 790. The molecule has 2 fully saturated rings. The first-order valence-corrected chi connectivity index (χ1v) is 8.51. The maximum Gasteiger partial charge on any atom is 0.267 e. The molecule has 124 valence electrons. The maximum absolute atomic E-state index is 12.5. The standard InChI is InChI=1S/C18H20N4O2/c23-17-6-5-16(13-3-4-13)20-22(17)15-7-10-21(11-8-15)18(24)14-2-1-9-19-12-14/h1-2,5-6,9,12-13,15H,3-4,7-8,10-11H2. The molecular weight excluding hydrogens is 304 g/mol. The van der Waals surface area contributed by atoms with E-state index >= 15 is 0 Å². The fourth-order valence-electron chi connectivity index (χ4n) is 3.28. The second kappa shape index (κ2) is 6.19. The summed E-state index contributed by atoms with van der Waals surface area (Å²) in [5, 5.41) is 4.58. The van der Waals surface area contributed by atoms with Gasteiger partial charge in [0.05, 0.1) is 17.3 Å². The number of nitrogens with zero attached hydrogens (tertiary/aromatic N) is 4. The lowest BCUT2D eigenvalue weighted by molar-refractivity contribution is 0.0687. The van der Waals surface area contributed by atoms with Gasteiger partial charge in [-0.25, -0.2) is 4.68 Å². The summed E-state index contributed by atoms with van der Waals surface area (Å²) in [5.74, 6) is 0.540. The highest BCUT2D eigenvalue weighted by Gasteiger charge is 2.29. The lowest BCUT2D eigenvalue weighted by Gasteiger charge is -2.32. The van der Waals surface area contributed by atoms with E-state index in [2.05, 4.69) is 10.1 Å². The average Bonchev–Trinajstić information content (AvgIpc) is 3.48. The van der Waals surface area contributed by atoms with Crippen molar-refractivity contribution in [2.24, 2.45) is 0 Å². The highest BCUT2D eigenvalue weighted by molar-refractivity contribution is 5.93. The van der Waals surface area contributed by atoms with Gasteiger partial charge in [-0.2, -0.15) is 5.10 Å². The number of amides is 1. The van der Waals surface area contributed by atoms with E-state index in [0.29, 0.717) is 24.6 Å². The Morgan fingerprint density at radius 3 is 2.54 bits per heavy atom. The molecule has 1 aliphatic heterocycles. The first-order chi connectivity index (χ1) is 11.7. The van der Waals surface area contributed by atoms with Gasteiger partial charge in [-0.3, -0.25) is 14.6 Å². The summed E-state index contributed by atoms with van der Waals surface area (Å²) < 4.78 is 1.64. The number of pyridine rings is 1. The molecule has 3 heterocycles. The molecule has 24 heavy (non-hydrogen) atoms. The van der Waals surface area contributed by atoms with Crippen LogP contribution in [0.3, 0.4) is 0 Å². The lowest BCUT2D eigenvalue weighted by Crippen LogP contribution is -2.41. The molecule has 0 N–H and O–H groups in total. The van der Waals surface area contributed by atoms with Gasteiger partial charge in [-0.15, -0.1) is 0 Å². The Morgan fingerprint density at radius 2 is 1.88 bits per heavy atom. The molecule has 6 nitrogen and oxygen atoms in total. The zero-order valence-corrected chi connectivity index (χ0v) is 13.5. The summed E-state index contributed by atoms with van der Waals surface area (Å²) in [6.45, 7) is 1.28. The summed E-state index contributed by atoms with van der Waals surface area (Å²) in [7, 11) is 0. The van der Waals surface area contributed by atoms with Gasteiger partial charge in [0.25, 0.3) is 11.5 Å². The van der Waals surface area contributed by atoms with Crippen LogP contribution in [0, 0.1) is 0 Å². The fourth-order valence-corrected chi connectivity index (χ4v) is 3.28. The van der Waals surface area contributed by atoms with Crippen molar-refractivity contribution < 1.29 is 4.79 Å². The second-order valence-corrected chi connectivity index (χ2v) is 6.58. The predicted octanol–water partition coefficient (Wildman–Crippen LogP) is 1.99. The van der Waals surface area contributed by atoms with Crippen molar-refractivity contribution in [2.45, 2.75) is 37.6 Å². The molecule has 6 heteroatoms. The summed E-state index contributed by atoms with van der Waals surface area (Å²) in [6, 6.07) is 7.12. The van der Waals surface area contributed by atoms with E-state index in [0.717, 1.165) is 18.5 Å². The van der Waals surface area contributed by atoms with Crippen molar-refractivity contribution in [1.29, 1.82) is 0 Å². The highest BCUT2D eigenvalue weighted by Crippen LogP contribution is 2.38. The number of piperidine rings is 1. The normalized spacial score (nSPS) is 18.6. The minimum absolute atomic E-state index is 0.00795. The molecular formula is C18H20N4O2. The molecule has 0 bridgehead atoms. The van der Waals surface area contributed by atoms with E-state index in [1.165, 1.54) is 12.8 Å². The summed E-state index contributed by atoms with van der Waals surface area (Å²) in [6.07, 6.45) is 7.11. The number of likely N-dealkylation sites (tertiary alicyclic amines) is 1.